The molecule has 0 aromatic carbocycles. The molecule has 0 aliphatic carbocycles. The summed E-state index contributed by atoms with van der Waals surface area (Å²) in [5.41, 5.74) is 1.03. The minimum Gasteiger partial charge on any atom is -0.300 e. The Hall–Kier alpha value is -1.26. The molecule has 0 fully saturated rings. The SMILES string of the molecule is C=CCCCc1ccc(-c2sc(CC(C)=O)nc2C)s1. The summed E-state index contributed by atoms with van der Waals surface area (Å²) in [5, 5.41) is 0.923. The van der Waals surface area contributed by atoms with Crippen molar-refractivity contribution in [3.05, 3.63) is 40.4 Å². The highest BCUT2D eigenvalue weighted by Gasteiger charge is 2.12. The molecule has 2 aromatic rings. The first-order chi connectivity index (χ1) is 9.60. The third kappa shape index (κ3) is 3.87. The van der Waals surface area contributed by atoms with Gasteiger partial charge in [0.1, 0.15) is 10.8 Å². The first-order valence-corrected chi connectivity index (χ1v) is 8.39. The van der Waals surface area contributed by atoms with Gasteiger partial charge in [-0.15, -0.1) is 29.3 Å². The van der Waals surface area contributed by atoms with Crippen molar-refractivity contribution in [2.24, 2.45) is 0 Å². The second kappa shape index (κ2) is 6.95. The average Bonchev–Trinajstić information content (AvgIpc) is 2.96. The van der Waals surface area contributed by atoms with E-state index in [9.17, 15) is 4.79 Å². The Bertz CT molecular complexity index is 610. The lowest BCUT2D eigenvalue weighted by Crippen LogP contribution is -1.94. The number of nitrogens with zero attached hydrogens (tertiary/aromatic N) is 1. The average molecular weight is 305 g/mol. The Balaban J connectivity index is 2.13. The van der Waals surface area contributed by atoms with Crippen LogP contribution in [0.2, 0.25) is 0 Å². The van der Waals surface area contributed by atoms with Crippen molar-refractivity contribution in [1.82, 2.24) is 4.98 Å². The second-order valence-corrected chi connectivity index (χ2v) is 7.10. The van der Waals surface area contributed by atoms with Crippen LogP contribution in [0.1, 0.15) is 35.3 Å². The largest absolute Gasteiger partial charge is 0.300 e. The van der Waals surface area contributed by atoms with Crippen LogP contribution in [-0.2, 0) is 17.6 Å². The molecule has 20 heavy (non-hydrogen) atoms. The van der Waals surface area contributed by atoms with Crippen molar-refractivity contribution in [1.29, 1.82) is 0 Å². The molecule has 2 nitrogen and oxygen atoms in total. The molecule has 0 spiro atoms. The number of hydrogen-bond donors (Lipinski definition) is 0. The van der Waals surface area contributed by atoms with Crippen LogP contribution in [0, 0.1) is 6.92 Å². The van der Waals surface area contributed by atoms with E-state index in [0.717, 1.165) is 30.0 Å². The van der Waals surface area contributed by atoms with Crippen LogP contribution in [0.15, 0.2) is 24.8 Å². The number of unbranched alkanes of at least 4 members (excludes halogenated alkanes) is 1. The molecular formula is C16H19NOS2. The van der Waals surface area contributed by atoms with Crippen LogP contribution in [0.25, 0.3) is 9.75 Å². The van der Waals surface area contributed by atoms with Gasteiger partial charge in [-0.3, -0.25) is 4.79 Å². The number of Topliss-reactive ketones (excluding diaryl/α,β-unsaturated/α-hetero) is 1. The number of aromatic nitrogens is 1. The monoisotopic (exact) mass is 305 g/mol. The Morgan fingerprint density at radius 1 is 1.40 bits per heavy atom. The van der Waals surface area contributed by atoms with E-state index in [-0.39, 0.29) is 5.78 Å². The van der Waals surface area contributed by atoms with E-state index in [1.165, 1.54) is 14.6 Å². The molecule has 0 unspecified atom stereocenters. The molecule has 2 rings (SSSR count). The van der Waals surface area contributed by atoms with E-state index in [1.54, 1.807) is 18.3 Å². The van der Waals surface area contributed by atoms with Crippen LogP contribution in [-0.4, -0.2) is 10.8 Å². The number of allylic oxidation sites excluding steroid dienone is 1. The van der Waals surface area contributed by atoms with E-state index in [4.69, 9.17) is 0 Å². The molecule has 106 valence electrons. The van der Waals surface area contributed by atoms with E-state index in [1.807, 2.05) is 24.3 Å². The van der Waals surface area contributed by atoms with Crippen LogP contribution < -0.4 is 0 Å². The number of carbonyl (C=O) groups excluding carboxylic acids is 1. The van der Waals surface area contributed by atoms with Crippen molar-refractivity contribution >= 4 is 28.5 Å². The Morgan fingerprint density at radius 3 is 2.90 bits per heavy atom. The molecule has 2 heterocycles. The number of rotatable bonds is 7. The predicted octanol–water partition coefficient (Wildman–Crippen LogP) is 4.82. The fourth-order valence-corrected chi connectivity index (χ4v) is 4.37. The number of thiophene rings is 1. The number of carbonyl (C=O) groups is 1. The molecule has 0 aliphatic heterocycles. The van der Waals surface area contributed by atoms with Crippen LogP contribution >= 0.6 is 22.7 Å². The van der Waals surface area contributed by atoms with Gasteiger partial charge in [0.05, 0.1) is 17.0 Å². The summed E-state index contributed by atoms with van der Waals surface area (Å²) >= 11 is 3.48. The summed E-state index contributed by atoms with van der Waals surface area (Å²) in [6.07, 6.45) is 5.74. The lowest BCUT2D eigenvalue weighted by atomic mass is 10.2. The third-order valence-corrected chi connectivity index (χ3v) is 5.44. The molecule has 2 aromatic heterocycles. The maximum atomic E-state index is 11.2. The summed E-state index contributed by atoms with van der Waals surface area (Å²) in [5.74, 6) is 0.168. The van der Waals surface area contributed by atoms with Crippen molar-refractivity contribution in [3.63, 3.8) is 0 Å². The van der Waals surface area contributed by atoms with Gasteiger partial charge in [-0.25, -0.2) is 4.98 Å². The maximum absolute atomic E-state index is 11.2. The summed E-state index contributed by atoms with van der Waals surface area (Å²) in [7, 11) is 0. The standard InChI is InChI=1S/C16H19NOS2/c1-4-5-6-7-13-8-9-14(19-13)16-12(3)17-15(20-16)10-11(2)18/h4,8-9H,1,5-7,10H2,2-3H3. The van der Waals surface area contributed by atoms with Gasteiger partial charge >= 0.3 is 0 Å². The number of hydrogen-bond acceptors (Lipinski definition) is 4. The first-order valence-electron chi connectivity index (χ1n) is 6.76. The molecule has 0 saturated heterocycles. The predicted molar refractivity (Wildman–Crippen MR) is 87.7 cm³/mol. The minimum atomic E-state index is 0.168. The Kier molecular flexibility index (Phi) is 5.26. The van der Waals surface area contributed by atoms with Crippen LogP contribution in [0.5, 0.6) is 0 Å². The third-order valence-electron chi connectivity index (χ3n) is 2.96. The summed E-state index contributed by atoms with van der Waals surface area (Å²) in [6, 6.07) is 4.37. The molecule has 0 amide bonds. The lowest BCUT2D eigenvalue weighted by molar-refractivity contribution is -0.116. The van der Waals surface area contributed by atoms with Gasteiger partial charge in [-0.2, -0.15) is 0 Å². The number of ketones is 1. The van der Waals surface area contributed by atoms with E-state index in [2.05, 4.69) is 23.7 Å². The highest BCUT2D eigenvalue weighted by Crippen LogP contribution is 2.35. The van der Waals surface area contributed by atoms with Crippen molar-refractivity contribution in [3.8, 4) is 9.75 Å². The fraction of sp³-hybridized carbons (Fsp3) is 0.375. The second-order valence-electron chi connectivity index (χ2n) is 4.85. The van der Waals surface area contributed by atoms with Gasteiger partial charge in [0.15, 0.2) is 0 Å². The summed E-state index contributed by atoms with van der Waals surface area (Å²) < 4.78 is 0. The summed E-state index contributed by atoms with van der Waals surface area (Å²) in [6.45, 7) is 7.38. The van der Waals surface area contributed by atoms with Gasteiger partial charge < -0.3 is 0 Å². The topological polar surface area (TPSA) is 30.0 Å². The normalized spacial score (nSPS) is 10.7. The zero-order chi connectivity index (χ0) is 14.5. The molecular weight excluding hydrogens is 286 g/mol. The highest BCUT2D eigenvalue weighted by molar-refractivity contribution is 7.22. The van der Waals surface area contributed by atoms with Crippen molar-refractivity contribution < 1.29 is 4.79 Å². The fourth-order valence-electron chi connectivity index (χ4n) is 2.02. The number of aryl methyl sites for hydroxylation is 2. The van der Waals surface area contributed by atoms with Gasteiger partial charge in [0, 0.05) is 9.75 Å². The Morgan fingerprint density at radius 2 is 2.20 bits per heavy atom. The van der Waals surface area contributed by atoms with E-state index < -0.39 is 0 Å². The molecule has 4 heteroatoms. The van der Waals surface area contributed by atoms with Gasteiger partial charge in [0.2, 0.25) is 0 Å². The van der Waals surface area contributed by atoms with Crippen molar-refractivity contribution in [2.45, 2.75) is 39.5 Å². The van der Waals surface area contributed by atoms with Gasteiger partial charge in [-0.1, -0.05) is 6.08 Å². The van der Waals surface area contributed by atoms with Crippen LogP contribution in [0.3, 0.4) is 0 Å². The zero-order valence-corrected chi connectivity index (χ0v) is 13.6. The van der Waals surface area contributed by atoms with Gasteiger partial charge in [0.25, 0.3) is 0 Å². The van der Waals surface area contributed by atoms with E-state index in [0.29, 0.717) is 6.42 Å². The molecule has 0 saturated carbocycles. The number of thiazole rings is 1. The summed E-state index contributed by atoms with van der Waals surface area (Å²) in [4.78, 5) is 19.6. The molecule has 0 radical (unpaired) electrons. The Labute approximate surface area is 128 Å². The maximum Gasteiger partial charge on any atom is 0.136 e. The quantitative estimate of drug-likeness (QED) is 0.542. The highest BCUT2D eigenvalue weighted by atomic mass is 32.1. The van der Waals surface area contributed by atoms with E-state index >= 15 is 0 Å². The molecule has 0 aliphatic rings. The molecule has 0 atom stereocenters. The van der Waals surface area contributed by atoms with Gasteiger partial charge in [-0.05, 0) is 45.2 Å². The van der Waals surface area contributed by atoms with Crippen LogP contribution in [0.4, 0.5) is 0 Å². The lowest BCUT2D eigenvalue weighted by Gasteiger charge is -1.94. The first kappa shape index (κ1) is 15.1. The minimum absolute atomic E-state index is 0.168. The smallest absolute Gasteiger partial charge is 0.136 e. The molecule has 0 N–H and O–H groups in total. The van der Waals surface area contributed by atoms with Crippen molar-refractivity contribution in [2.75, 3.05) is 0 Å². The molecule has 0 bridgehead atoms. The zero-order valence-electron chi connectivity index (χ0n) is 11.9.